The molecule has 7 aliphatic rings. The molecule has 0 N–H and O–H groups in total. The minimum absolute atomic E-state index is 0.694. The predicted molar refractivity (Wildman–Crippen MR) is 88.0 cm³/mol. The van der Waals surface area contributed by atoms with Crippen molar-refractivity contribution in [3.8, 4) is 0 Å². The van der Waals surface area contributed by atoms with Gasteiger partial charge in [-0.2, -0.15) is 0 Å². The first-order valence-corrected chi connectivity index (χ1v) is 10.6. The zero-order chi connectivity index (χ0) is 14.4. The van der Waals surface area contributed by atoms with Crippen molar-refractivity contribution in [3.63, 3.8) is 0 Å². The molecule has 0 aromatic heterocycles. The monoisotopic (exact) mass is 296 g/mol. The third-order valence-electron chi connectivity index (χ3n) is 11.0. The first-order valence-electron chi connectivity index (χ1n) is 10.6. The summed E-state index contributed by atoms with van der Waals surface area (Å²) < 4.78 is 0. The van der Waals surface area contributed by atoms with Gasteiger partial charge in [0.15, 0.2) is 0 Å². The van der Waals surface area contributed by atoms with Crippen LogP contribution in [-0.2, 0) is 0 Å². The van der Waals surface area contributed by atoms with Gasteiger partial charge in [-0.15, -0.1) is 0 Å². The third kappa shape index (κ3) is 1.10. The van der Waals surface area contributed by atoms with Gasteiger partial charge in [0.05, 0.1) is 0 Å². The number of fused-ring (bicyclic) bond motifs is 19. The summed E-state index contributed by atoms with van der Waals surface area (Å²) in [6, 6.07) is 0. The predicted octanol–water partition coefficient (Wildman–Crippen LogP) is 5.23. The summed E-state index contributed by atoms with van der Waals surface area (Å²) in [7, 11) is 0. The van der Waals surface area contributed by atoms with Crippen molar-refractivity contribution in [2.75, 3.05) is 0 Å². The second-order valence-electron chi connectivity index (χ2n) is 11.5. The van der Waals surface area contributed by atoms with E-state index in [9.17, 15) is 0 Å². The zero-order valence-electron chi connectivity index (χ0n) is 14.4. The smallest absolute Gasteiger partial charge is 0.0315 e. The van der Waals surface area contributed by atoms with Crippen LogP contribution in [-0.4, -0.2) is 0 Å². The average Bonchev–Trinajstić information content (AvgIpc) is 3.25. The summed E-state index contributed by atoms with van der Waals surface area (Å²) in [5.41, 5.74) is 0.694. The van der Waals surface area contributed by atoms with E-state index < -0.39 is 0 Å². The Morgan fingerprint density at radius 3 is 2.00 bits per heavy atom. The molecule has 12 unspecified atom stereocenters. The van der Waals surface area contributed by atoms with E-state index in [0.29, 0.717) is 5.41 Å². The van der Waals surface area contributed by atoms with E-state index in [1.54, 1.807) is 44.9 Å². The Kier molecular flexibility index (Phi) is 1.97. The SMILES string of the molecule is CC1(C)CC2CC1C1C3CC(C21)C1C2CC(C4CCCC42)C31. The van der Waals surface area contributed by atoms with Gasteiger partial charge in [-0.25, -0.2) is 0 Å². The lowest BCUT2D eigenvalue weighted by Gasteiger charge is -2.51. The van der Waals surface area contributed by atoms with E-state index >= 15 is 0 Å². The first kappa shape index (κ1) is 12.4. The highest BCUT2D eigenvalue weighted by molar-refractivity contribution is 5.22. The molecule has 7 fully saturated rings. The van der Waals surface area contributed by atoms with Crippen molar-refractivity contribution < 1.29 is 0 Å². The van der Waals surface area contributed by atoms with Crippen LogP contribution in [0.15, 0.2) is 0 Å². The molecule has 0 spiro atoms. The summed E-state index contributed by atoms with van der Waals surface area (Å²) in [4.78, 5) is 0. The molecule has 0 heteroatoms. The summed E-state index contributed by atoms with van der Waals surface area (Å²) in [5.74, 6) is 14.4. The van der Waals surface area contributed by atoms with E-state index in [0.717, 1.165) is 11.8 Å². The number of hydrogen-bond acceptors (Lipinski definition) is 0. The second kappa shape index (κ2) is 3.50. The maximum absolute atomic E-state index is 2.62. The fourth-order valence-electron chi connectivity index (χ4n) is 11.2. The van der Waals surface area contributed by atoms with Gasteiger partial charge in [0, 0.05) is 0 Å². The zero-order valence-corrected chi connectivity index (χ0v) is 14.4. The normalized spacial score (nSPS) is 71.2. The maximum atomic E-state index is 2.62. The second-order valence-corrected chi connectivity index (χ2v) is 11.5. The molecule has 7 saturated carbocycles. The summed E-state index contributed by atoms with van der Waals surface area (Å²) in [6.07, 6.45) is 11.4. The molecule has 0 heterocycles. The van der Waals surface area contributed by atoms with E-state index in [1.165, 1.54) is 59.2 Å². The van der Waals surface area contributed by atoms with Crippen LogP contribution in [0.5, 0.6) is 0 Å². The van der Waals surface area contributed by atoms with Gasteiger partial charge in [0.1, 0.15) is 0 Å². The van der Waals surface area contributed by atoms with Gasteiger partial charge in [-0.3, -0.25) is 0 Å². The van der Waals surface area contributed by atoms with Crippen molar-refractivity contribution in [1.29, 1.82) is 0 Å². The van der Waals surface area contributed by atoms with Crippen LogP contribution in [0, 0.1) is 76.4 Å². The fraction of sp³-hybridized carbons (Fsp3) is 1.00. The molecule has 22 heavy (non-hydrogen) atoms. The molecule has 120 valence electrons. The molecule has 0 aromatic rings. The van der Waals surface area contributed by atoms with E-state index in [-0.39, 0.29) is 0 Å². The van der Waals surface area contributed by atoms with Gasteiger partial charge in [0.2, 0.25) is 0 Å². The van der Waals surface area contributed by atoms with Crippen LogP contribution >= 0.6 is 0 Å². The molecule has 0 saturated heterocycles. The van der Waals surface area contributed by atoms with Crippen molar-refractivity contribution in [2.24, 2.45) is 76.4 Å². The van der Waals surface area contributed by atoms with Crippen LogP contribution < -0.4 is 0 Å². The lowest BCUT2D eigenvalue weighted by molar-refractivity contribution is -0.0342. The Morgan fingerprint density at radius 2 is 1.27 bits per heavy atom. The van der Waals surface area contributed by atoms with Gasteiger partial charge >= 0.3 is 0 Å². The molecule has 0 radical (unpaired) electrons. The molecule has 0 nitrogen and oxygen atoms in total. The fourth-order valence-corrected chi connectivity index (χ4v) is 11.2. The van der Waals surface area contributed by atoms with Gasteiger partial charge in [0.25, 0.3) is 0 Å². The largest absolute Gasteiger partial charge is 0.0596 e. The molecular formula is C22H32. The van der Waals surface area contributed by atoms with Gasteiger partial charge < -0.3 is 0 Å². The topological polar surface area (TPSA) is 0 Å². The van der Waals surface area contributed by atoms with Crippen LogP contribution in [0.25, 0.3) is 0 Å². The Hall–Kier alpha value is 0. The molecule has 6 bridgehead atoms. The highest BCUT2D eigenvalue weighted by Gasteiger charge is 2.74. The molecule has 0 amide bonds. The molecule has 7 aliphatic carbocycles. The lowest BCUT2D eigenvalue weighted by Crippen LogP contribution is -2.46. The Labute approximate surface area is 135 Å². The summed E-state index contributed by atoms with van der Waals surface area (Å²) in [5, 5.41) is 0. The van der Waals surface area contributed by atoms with Crippen molar-refractivity contribution in [2.45, 2.75) is 58.8 Å². The Balaban J connectivity index is 1.31. The minimum Gasteiger partial charge on any atom is -0.0596 e. The van der Waals surface area contributed by atoms with E-state index in [1.807, 2.05) is 0 Å². The standard InChI is InChI=1S/C22H32/c1-22(2)9-10-6-17(22)21-16-8-15(18(10)21)19-13-7-14(20(16)19)12-5-3-4-11(12)13/h10-21H,3-9H2,1-2H3. The molecule has 0 aromatic carbocycles. The molecule has 0 aliphatic heterocycles. The van der Waals surface area contributed by atoms with Crippen LogP contribution in [0.3, 0.4) is 0 Å². The van der Waals surface area contributed by atoms with Gasteiger partial charge in [-0.1, -0.05) is 20.3 Å². The lowest BCUT2D eigenvalue weighted by atomic mass is 9.54. The maximum Gasteiger partial charge on any atom is -0.0315 e. The Morgan fingerprint density at radius 1 is 0.636 bits per heavy atom. The molecule has 12 atom stereocenters. The number of hydrogen-bond donors (Lipinski definition) is 0. The van der Waals surface area contributed by atoms with Crippen molar-refractivity contribution >= 4 is 0 Å². The highest BCUT2D eigenvalue weighted by atomic mass is 14.8. The molecular weight excluding hydrogens is 264 g/mol. The van der Waals surface area contributed by atoms with E-state index in [2.05, 4.69) is 13.8 Å². The first-order chi connectivity index (χ1) is 10.6. The number of rotatable bonds is 0. The Bertz CT molecular complexity index is 546. The summed E-state index contributed by atoms with van der Waals surface area (Å²) >= 11 is 0. The van der Waals surface area contributed by atoms with Gasteiger partial charge in [-0.05, 0) is 115 Å². The van der Waals surface area contributed by atoms with Crippen LogP contribution in [0.1, 0.15) is 58.8 Å². The minimum atomic E-state index is 0.694. The van der Waals surface area contributed by atoms with Crippen LogP contribution in [0.2, 0.25) is 0 Å². The third-order valence-corrected chi connectivity index (χ3v) is 11.0. The quantitative estimate of drug-likeness (QED) is 0.537. The van der Waals surface area contributed by atoms with Crippen molar-refractivity contribution in [1.82, 2.24) is 0 Å². The van der Waals surface area contributed by atoms with E-state index in [4.69, 9.17) is 0 Å². The average molecular weight is 296 g/mol. The van der Waals surface area contributed by atoms with Crippen molar-refractivity contribution in [3.05, 3.63) is 0 Å². The van der Waals surface area contributed by atoms with Crippen LogP contribution in [0.4, 0.5) is 0 Å². The highest BCUT2D eigenvalue weighted by Crippen LogP contribution is 2.80. The summed E-state index contributed by atoms with van der Waals surface area (Å²) in [6.45, 7) is 5.23. The molecule has 7 rings (SSSR count).